The Morgan fingerprint density at radius 2 is 1.59 bits per heavy atom. The summed E-state index contributed by atoms with van der Waals surface area (Å²) < 4.78 is 81.8. The first kappa shape index (κ1) is 19.3. The van der Waals surface area contributed by atoms with Gasteiger partial charge in [-0.3, -0.25) is 0 Å². The molecule has 4 aromatic rings. The maximum absolute atomic E-state index is 13.3. The van der Waals surface area contributed by atoms with Crippen LogP contribution in [0.2, 0.25) is 0 Å². The van der Waals surface area contributed by atoms with Crippen LogP contribution in [0.4, 0.5) is 26.3 Å². The van der Waals surface area contributed by atoms with E-state index in [2.05, 4.69) is 4.98 Å². The fraction of sp³-hybridized carbons (Fsp3) is 0.190. The summed E-state index contributed by atoms with van der Waals surface area (Å²) in [5.74, 6) is 0. The van der Waals surface area contributed by atoms with Gasteiger partial charge in [0.05, 0.1) is 11.1 Å². The van der Waals surface area contributed by atoms with Gasteiger partial charge in [0.15, 0.2) is 0 Å². The summed E-state index contributed by atoms with van der Waals surface area (Å²) in [5.41, 5.74) is -2.10. The van der Waals surface area contributed by atoms with Crippen molar-refractivity contribution in [2.75, 3.05) is 0 Å². The fourth-order valence-corrected chi connectivity index (χ4v) is 3.48. The van der Waals surface area contributed by atoms with Gasteiger partial charge in [-0.1, -0.05) is 30.3 Å². The molecule has 0 unspecified atom stereocenters. The predicted molar refractivity (Wildman–Crippen MR) is 97.4 cm³/mol. The molecule has 0 aliphatic rings. The number of aromatic nitrogens is 2. The average Bonchev–Trinajstić information content (AvgIpc) is 3.07. The van der Waals surface area contributed by atoms with E-state index in [1.807, 2.05) is 34.9 Å². The number of benzene rings is 2. The lowest BCUT2D eigenvalue weighted by Crippen LogP contribution is -2.13. The standard InChI is InChI=1S/C21H14F6N2/c22-20(23,24)16-6-3-5-15-14(12-18(21(25,26)27)28-19(15)16)9-11-29-10-8-13-4-1-2-7-17(13)29/h1-8,10,12H,9,11H2. The molecule has 0 spiro atoms. The first-order valence-electron chi connectivity index (χ1n) is 8.75. The molecule has 2 nitrogen and oxygen atoms in total. The minimum absolute atomic E-state index is 0.0734. The van der Waals surface area contributed by atoms with Crippen molar-refractivity contribution in [2.24, 2.45) is 0 Å². The van der Waals surface area contributed by atoms with Crippen LogP contribution in [0, 0.1) is 0 Å². The smallest absolute Gasteiger partial charge is 0.347 e. The van der Waals surface area contributed by atoms with Gasteiger partial charge >= 0.3 is 12.4 Å². The highest BCUT2D eigenvalue weighted by Crippen LogP contribution is 2.37. The molecule has 0 atom stereocenters. The third-order valence-corrected chi connectivity index (χ3v) is 4.82. The van der Waals surface area contributed by atoms with Crippen LogP contribution < -0.4 is 0 Å². The van der Waals surface area contributed by atoms with Crippen molar-refractivity contribution in [3.05, 3.63) is 77.6 Å². The van der Waals surface area contributed by atoms with Crippen LogP contribution in [0.25, 0.3) is 21.8 Å². The first-order valence-corrected chi connectivity index (χ1v) is 8.75. The Labute approximate surface area is 161 Å². The highest BCUT2D eigenvalue weighted by atomic mass is 19.4. The normalized spacial score (nSPS) is 12.8. The van der Waals surface area contributed by atoms with Crippen LogP contribution in [-0.2, 0) is 25.3 Å². The summed E-state index contributed by atoms with van der Waals surface area (Å²) in [6.45, 7) is 0.320. The number of aryl methyl sites for hydroxylation is 2. The van der Waals surface area contributed by atoms with Crippen molar-refractivity contribution in [1.82, 2.24) is 9.55 Å². The molecular weight excluding hydrogens is 394 g/mol. The number of hydrogen-bond donors (Lipinski definition) is 0. The van der Waals surface area contributed by atoms with Gasteiger partial charge in [-0.05, 0) is 41.6 Å². The second kappa shape index (κ2) is 6.79. The van der Waals surface area contributed by atoms with Gasteiger partial charge in [-0.2, -0.15) is 26.3 Å². The molecule has 8 heteroatoms. The summed E-state index contributed by atoms with van der Waals surface area (Å²) in [7, 11) is 0. The molecule has 2 aromatic heterocycles. The molecule has 0 radical (unpaired) electrons. The number of halogens is 6. The zero-order chi connectivity index (χ0) is 20.8. The zero-order valence-electron chi connectivity index (χ0n) is 14.8. The second-order valence-corrected chi connectivity index (χ2v) is 6.68. The van der Waals surface area contributed by atoms with Crippen LogP contribution in [0.1, 0.15) is 16.8 Å². The molecule has 29 heavy (non-hydrogen) atoms. The first-order chi connectivity index (χ1) is 13.6. The Balaban J connectivity index is 1.82. The topological polar surface area (TPSA) is 17.8 Å². The number of nitrogens with zero attached hydrogens (tertiary/aromatic N) is 2. The molecule has 0 fully saturated rings. The van der Waals surface area contributed by atoms with Gasteiger partial charge in [0.2, 0.25) is 0 Å². The van der Waals surface area contributed by atoms with E-state index < -0.39 is 29.1 Å². The van der Waals surface area contributed by atoms with E-state index in [1.54, 1.807) is 6.20 Å². The molecule has 0 bridgehead atoms. The van der Waals surface area contributed by atoms with Crippen molar-refractivity contribution in [1.29, 1.82) is 0 Å². The SMILES string of the molecule is FC(F)(F)c1cc(CCn2ccc3ccccc32)c2cccc(C(F)(F)F)c2n1. The number of para-hydroxylation sites is 2. The number of pyridine rings is 1. The van der Waals surface area contributed by atoms with E-state index in [4.69, 9.17) is 0 Å². The largest absolute Gasteiger partial charge is 0.433 e. The number of alkyl halides is 6. The molecule has 2 heterocycles. The van der Waals surface area contributed by atoms with Crippen LogP contribution in [0.3, 0.4) is 0 Å². The van der Waals surface area contributed by atoms with Crippen LogP contribution >= 0.6 is 0 Å². The summed E-state index contributed by atoms with van der Waals surface area (Å²) in [6, 6.07) is 13.5. The lowest BCUT2D eigenvalue weighted by atomic mass is 10.0. The van der Waals surface area contributed by atoms with Crippen LogP contribution in [0.5, 0.6) is 0 Å². The fourth-order valence-electron chi connectivity index (χ4n) is 3.48. The van der Waals surface area contributed by atoms with Crippen molar-refractivity contribution in [3.8, 4) is 0 Å². The van der Waals surface area contributed by atoms with Gasteiger partial charge in [0, 0.05) is 23.6 Å². The second-order valence-electron chi connectivity index (χ2n) is 6.68. The molecule has 150 valence electrons. The quantitative estimate of drug-likeness (QED) is 0.355. The van der Waals surface area contributed by atoms with Gasteiger partial charge in [-0.15, -0.1) is 0 Å². The lowest BCUT2D eigenvalue weighted by molar-refractivity contribution is -0.142. The van der Waals surface area contributed by atoms with E-state index in [1.165, 1.54) is 12.1 Å². The Bertz CT molecular complexity index is 1190. The van der Waals surface area contributed by atoms with E-state index >= 15 is 0 Å². The Morgan fingerprint density at radius 1 is 0.828 bits per heavy atom. The molecule has 0 aliphatic heterocycles. The lowest BCUT2D eigenvalue weighted by Gasteiger charge is -2.16. The number of fused-ring (bicyclic) bond motifs is 2. The molecule has 0 saturated heterocycles. The molecule has 0 saturated carbocycles. The van der Waals surface area contributed by atoms with Crippen LogP contribution in [-0.4, -0.2) is 9.55 Å². The van der Waals surface area contributed by atoms with E-state index in [0.29, 0.717) is 6.54 Å². The zero-order valence-corrected chi connectivity index (χ0v) is 14.8. The Hall–Kier alpha value is -3.03. The summed E-state index contributed by atoms with van der Waals surface area (Å²) in [5, 5.41) is 1.05. The molecule has 4 rings (SSSR count). The summed E-state index contributed by atoms with van der Waals surface area (Å²) in [6.07, 6.45) is -7.71. The summed E-state index contributed by atoms with van der Waals surface area (Å²) >= 11 is 0. The van der Waals surface area contributed by atoms with E-state index in [-0.39, 0.29) is 17.4 Å². The van der Waals surface area contributed by atoms with Gasteiger partial charge < -0.3 is 4.57 Å². The van der Waals surface area contributed by atoms with Crippen molar-refractivity contribution in [2.45, 2.75) is 25.3 Å². The Kier molecular flexibility index (Phi) is 4.52. The Morgan fingerprint density at radius 3 is 2.31 bits per heavy atom. The van der Waals surface area contributed by atoms with E-state index in [0.717, 1.165) is 23.0 Å². The highest BCUT2D eigenvalue weighted by molar-refractivity contribution is 5.86. The minimum Gasteiger partial charge on any atom is -0.347 e. The van der Waals surface area contributed by atoms with Crippen molar-refractivity contribution in [3.63, 3.8) is 0 Å². The third kappa shape index (κ3) is 3.66. The molecule has 0 aliphatic carbocycles. The average molecular weight is 408 g/mol. The van der Waals surface area contributed by atoms with Crippen molar-refractivity contribution < 1.29 is 26.3 Å². The van der Waals surface area contributed by atoms with Gasteiger partial charge in [0.25, 0.3) is 0 Å². The molecule has 2 aromatic carbocycles. The number of hydrogen-bond acceptors (Lipinski definition) is 1. The van der Waals surface area contributed by atoms with E-state index in [9.17, 15) is 26.3 Å². The maximum Gasteiger partial charge on any atom is 0.433 e. The monoisotopic (exact) mass is 408 g/mol. The highest BCUT2D eigenvalue weighted by Gasteiger charge is 2.37. The van der Waals surface area contributed by atoms with Crippen molar-refractivity contribution >= 4 is 21.8 Å². The molecular formula is C21H14F6N2. The third-order valence-electron chi connectivity index (χ3n) is 4.82. The predicted octanol–water partition coefficient (Wildman–Crippen LogP) is 6.47. The van der Waals surface area contributed by atoms with Crippen LogP contribution in [0.15, 0.2) is 60.8 Å². The van der Waals surface area contributed by atoms with Gasteiger partial charge in [-0.25, -0.2) is 4.98 Å². The minimum atomic E-state index is -4.85. The van der Waals surface area contributed by atoms with Gasteiger partial charge in [0.1, 0.15) is 5.69 Å². The maximum atomic E-state index is 13.3. The number of rotatable bonds is 3. The molecule has 0 amide bonds. The molecule has 0 N–H and O–H groups in total. The summed E-state index contributed by atoms with van der Waals surface area (Å²) in [4.78, 5) is 3.32.